The Bertz CT molecular complexity index is 796. The molecule has 4 nitrogen and oxygen atoms in total. The third-order valence-electron chi connectivity index (χ3n) is 5.47. The number of ether oxygens (including phenoxy) is 1. The molecule has 1 saturated heterocycles. The Morgan fingerprint density at radius 2 is 2.04 bits per heavy atom. The minimum absolute atomic E-state index is 0. The van der Waals surface area contributed by atoms with Gasteiger partial charge >= 0.3 is 0 Å². The van der Waals surface area contributed by atoms with Crippen molar-refractivity contribution in [2.45, 2.75) is 31.5 Å². The second kappa shape index (κ2) is 9.68. The highest BCUT2D eigenvalue weighted by molar-refractivity contribution is 7.99. The fraction of sp³-hybridized carbons (Fsp3) is 0.409. The largest absolute Gasteiger partial charge is 0.497 e. The van der Waals surface area contributed by atoms with Crippen molar-refractivity contribution in [3.05, 3.63) is 65.2 Å². The molecule has 0 spiro atoms. The van der Waals surface area contributed by atoms with Crippen molar-refractivity contribution >= 4 is 30.1 Å². The lowest BCUT2D eigenvalue weighted by molar-refractivity contribution is -0.135. The second-order valence-corrected chi connectivity index (χ2v) is 8.37. The maximum absolute atomic E-state index is 13.3. The van der Waals surface area contributed by atoms with Gasteiger partial charge in [0.1, 0.15) is 5.75 Å². The van der Waals surface area contributed by atoms with E-state index in [4.69, 9.17) is 4.74 Å². The van der Waals surface area contributed by atoms with Gasteiger partial charge in [-0.15, -0.1) is 12.4 Å². The zero-order valence-electron chi connectivity index (χ0n) is 16.1. The van der Waals surface area contributed by atoms with Crippen molar-refractivity contribution in [2.24, 2.45) is 0 Å². The van der Waals surface area contributed by atoms with Gasteiger partial charge < -0.3 is 15.0 Å². The normalized spacial score (nSPS) is 21.4. The van der Waals surface area contributed by atoms with E-state index in [1.54, 1.807) is 7.11 Å². The van der Waals surface area contributed by atoms with Crippen LogP contribution in [0.5, 0.6) is 5.75 Å². The van der Waals surface area contributed by atoms with E-state index in [2.05, 4.69) is 46.6 Å². The van der Waals surface area contributed by atoms with Gasteiger partial charge in [0.25, 0.3) is 0 Å². The van der Waals surface area contributed by atoms with E-state index >= 15 is 0 Å². The maximum Gasteiger partial charge on any atom is 0.224 e. The first-order chi connectivity index (χ1) is 13.2. The van der Waals surface area contributed by atoms with Crippen LogP contribution in [0.1, 0.15) is 29.2 Å². The lowest BCUT2D eigenvalue weighted by atomic mass is 9.89. The van der Waals surface area contributed by atoms with Gasteiger partial charge in [-0.05, 0) is 35.2 Å². The van der Waals surface area contributed by atoms with Gasteiger partial charge in [-0.1, -0.05) is 36.4 Å². The molecule has 4 rings (SSSR count). The Balaban J connectivity index is 0.00000225. The molecule has 0 aromatic heterocycles. The minimum atomic E-state index is 0. The number of carbonyl (C=O) groups is 1. The van der Waals surface area contributed by atoms with Gasteiger partial charge in [0.2, 0.25) is 5.91 Å². The van der Waals surface area contributed by atoms with Crippen LogP contribution < -0.4 is 10.1 Å². The molecule has 0 saturated carbocycles. The maximum atomic E-state index is 13.3. The van der Waals surface area contributed by atoms with Crippen LogP contribution in [0, 0.1) is 0 Å². The summed E-state index contributed by atoms with van der Waals surface area (Å²) in [6.07, 6.45) is 1.41. The van der Waals surface area contributed by atoms with Gasteiger partial charge in [-0.25, -0.2) is 0 Å². The summed E-state index contributed by atoms with van der Waals surface area (Å²) in [5, 5.41) is 3.49. The number of nitrogens with one attached hydrogen (secondary N) is 1. The average molecular weight is 419 g/mol. The zero-order chi connectivity index (χ0) is 18.6. The van der Waals surface area contributed by atoms with Gasteiger partial charge in [0, 0.05) is 37.1 Å². The van der Waals surface area contributed by atoms with Crippen molar-refractivity contribution < 1.29 is 9.53 Å². The van der Waals surface area contributed by atoms with Crippen LogP contribution in [0.3, 0.4) is 0 Å². The van der Waals surface area contributed by atoms with Gasteiger partial charge in [-0.2, -0.15) is 11.8 Å². The topological polar surface area (TPSA) is 41.6 Å². The lowest BCUT2D eigenvalue weighted by Gasteiger charge is -2.38. The highest BCUT2D eigenvalue weighted by Crippen LogP contribution is 2.35. The first kappa shape index (κ1) is 21.0. The smallest absolute Gasteiger partial charge is 0.224 e. The molecule has 150 valence electrons. The molecule has 2 aliphatic rings. The number of hydrogen-bond acceptors (Lipinski definition) is 4. The Kier molecular flexibility index (Phi) is 7.27. The molecular formula is C22H27ClN2O2S. The predicted octanol–water partition coefficient (Wildman–Crippen LogP) is 3.84. The first-order valence-corrected chi connectivity index (χ1v) is 10.7. The number of halogens is 1. The molecule has 2 atom stereocenters. The third kappa shape index (κ3) is 4.65. The number of nitrogens with zero attached hydrogens (tertiary/aromatic N) is 1. The molecule has 0 bridgehead atoms. The van der Waals surface area contributed by atoms with Crippen LogP contribution in [-0.2, 0) is 17.8 Å². The standard InChI is InChI=1S/C22H26N2O2S.ClH/c1-26-20-8-7-17-12-21(16-5-3-2-4-6-16)24(14-18(17)11-20)22(25)13-19-15-27-10-9-23-19;/h2-8,11,19,21,23H,9-10,12-15H2,1H3;1H. The van der Waals surface area contributed by atoms with Crippen LogP contribution in [0.4, 0.5) is 0 Å². The fourth-order valence-corrected chi connectivity index (χ4v) is 4.95. The van der Waals surface area contributed by atoms with Crippen molar-refractivity contribution in [1.29, 1.82) is 0 Å². The summed E-state index contributed by atoms with van der Waals surface area (Å²) in [7, 11) is 1.69. The molecule has 28 heavy (non-hydrogen) atoms. The van der Waals surface area contributed by atoms with E-state index in [-0.39, 0.29) is 30.4 Å². The summed E-state index contributed by atoms with van der Waals surface area (Å²) < 4.78 is 5.39. The molecule has 1 N–H and O–H groups in total. The van der Waals surface area contributed by atoms with Gasteiger partial charge in [-0.3, -0.25) is 4.79 Å². The molecule has 1 amide bonds. The summed E-state index contributed by atoms with van der Waals surface area (Å²) in [5.41, 5.74) is 3.71. The Hall–Kier alpha value is -1.69. The molecule has 2 aromatic carbocycles. The van der Waals surface area contributed by atoms with Crippen LogP contribution in [0.15, 0.2) is 48.5 Å². The van der Waals surface area contributed by atoms with Crippen LogP contribution in [-0.4, -0.2) is 42.0 Å². The molecule has 0 radical (unpaired) electrons. The van der Waals surface area contributed by atoms with E-state index in [0.717, 1.165) is 30.2 Å². The number of hydrogen-bond donors (Lipinski definition) is 1. The number of carbonyl (C=O) groups excluding carboxylic acids is 1. The van der Waals surface area contributed by atoms with E-state index in [9.17, 15) is 4.79 Å². The molecule has 2 heterocycles. The number of rotatable bonds is 4. The van der Waals surface area contributed by atoms with E-state index in [0.29, 0.717) is 13.0 Å². The van der Waals surface area contributed by atoms with Crippen molar-refractivity contribution in [1.82, 2.24) is 10.2 Å². The summed E-state index contributed by atoms with van der Waals surface area (Å²) in [6, 6.07) is 17.0. The monoisotopic (exact) mass is 418 g/mol. The molecule has 0 aliphatic carbocycles. The van der Waals surface area contributed by atoms with Gasteiger partial charge in [0.05, 0.1) is 13.2 Å². The van der Waals surface area contributed by atoms with E-state index < -0.39 is 0 Å². The highest BCUT2D eigenvalue weighted by Gasteiger charge is 2.32. The number of fused-ring (bicyclic) bond motifs is 1. The Labute approximate surface area is 177 Å². The van der Waals surface area contributed by atoms with E-state index in [1.165, 1.54) is 16.7 Å². The number of benzene rings is 2. The average Bonchev–Trinajstić information content (AvgIpc) is 2.73. The highest BCUT2D eigenvalue weighted by atomic mass is 35.5. The number of thioether (sulfide) groups is 1. The lowest BCUT2D eigenvalue weighted by Crippen LogP contribution is -2.45. The summed E-state index contributed by atoms with van der Waals surface area (Å²) >= 11 is 1.93. The van der Waals surface area contributed by atoms with Crippen molar-refractivity contribution in [3.8, 4) is 5.75 Å². The number of amides is 1. The molecule has 2 aliphatic heterocycles. The SMILES string of the molecule is COc1ccc2c(c1)CN(C(=O)CC1CSCCN1)C(c1ccccc1)C2.Cl. The van der Waals surface area contributed by atoms with Crippen LogP contribution in [0.25, 0.3) is 0 Å². The molecule has 2 unspecified atom stereocenters. The summed E-state index contributed by atoms with van der Waals surface area (Å²) in [6.45, 7) is 1.63. The quantitative estimate of drug-likeness (QED) is 0.819. The first-order valence-electron chi connectivity index (χ1n) is 9.56. The molecule has 1 fully saturated rings. The van der Waals surface area contributed by atoms with Crippen LogP contribution >= 0.6 is 24.2 Å². The summed E-state index contributed by atoms with van der Waals surface area (Å²) in [4.78, 5) is 15.3. The molecule has 2 aromatic rings. The minimum Gasteiger partial charge on any atom is -0.497 e. The third-order valence-corrected chi connectivity index (χ3v) is 6.60. The van der Waals surface area contributed by atoms with Gasteiger partial charge in [0.15, 0.2) is 0 Å². The van der Waals surface area contributed by atoms with Crippen molar-refractivity contribution in [2.75, 3.05) is 25.2 Å². The van der Waals surface area contributed by atoms with Crippen molar-refractivity contribution in [3.63, 3.8) is 0 Å². The molecular weight excluding hydrogens is 392 g/mol. The fourth-order valence-electron chi connectivity index (χ4n) is 4.00. The zero-order valence-corrected chi connectivity index (χ0v) is 17.7. The van der Waals surface area contributed by atoms with Crippen LogP contribution in [0.2, 0.25) is 0 Å². The Morgan fingerprint density at radius 3 is 2.75 bits per heavy atom. The second-order valence-electron chi connectivity index (χ2n) is 7.22. The Morgan fingerprint density at radius 1 is 1.21 bits per heavy atom. The predicted molar refractivity (Wildman–Crippen MR) is 117 cm³/mol. The molecule has 6 heteroatoms. The van der Waals surface area contributed by atoms with E-state index in [1.807, 2.05) is 23.9 Å². The summed E-state index contributed by atoms with van der Waals surface area (Å²) in [5.74, 6) is 3.23. The number of methoxy groups -OCH3 is 1.